The minimum absolute atomic E-state index is 0. The fraction of sp³-hybridized carbons (Fsp3) is 0.0769. The lowest BCUT2D eigenvalue weighted by molar-refractivity contribution is 0.621. The van der Waals surface area contributed by atoms with Gasteiger partial charge in [-0.05, 0) is 148 Å². The summed E-state index contributed by atoms with van der Waals surface area (Å²) in [5.74, 6) is -1.86. The standard InChI is InChI=1S/C6H3BrClFIN.C6H2BrClFI.C6H4ClFIN.C6H5ClFN.2CH4.FH/c7-4-5(9)2(8)1-3(10)6(4)11;7-4-1-3(10)2-5(8)6(4)9;7-3-1-5(9)6(10)2-4(3)8;7-5-2-1-4(9)3-6(5)8;;;/h1H,11H2;1-2H;1-2H,10H2;1-3H,9H2;2*1H4;1H. The van der Waals surface area contributed by atoms with Crippen molar-refractivity contribution in [1.29, 1.82) is 0 Å². The second kappa shape index (κ2) is 22.7. The lowest BCUT2D eigenvalue weighted by Crippen LogP contribution is -1.94. The van der Waals surface area contributed by atoms with Crippen molar-refractivity contribution in [2.45, 2.75) is 14.9 Å². The van der Waals surface area contributed by atoms with Crippen molar-refractivity contribution < 1.29 is 22.3 Å². The second-order valence-electron chi connectivity index (χ2n) is 7.03. The van der Waals surface area contributed by atoms with Crippen molar-refractivity contribution >= 4 is 163 Å². The van der Waals surface area contributed by atoms with Crippen molar-refractivity contribution in [3.63, 3.8) is 0 Å². The molecule has 0 fully saturated rings. The topological polar surface area (TPSA) is 78.1 Å². The van der Waals surface area contributed by atoms with E-state index >= 15 is 0 Å². The second-order valence-corrected chi connectivity index (χ2v) is 13.9. The smallest absolute Gasteiger partial charge is 0.158 e. The molecular formula is C26H23Br2Cl4F5I3N3. The SMILES string of the molecule is C.C.F.Fc1c(Cl)cc(I)cc1Br.Nc1c(I)cc(Cl)c(F)c1Br.Nc1cc(F)c(Cl)cc1I.Nc1ccc(Cl)c(F)c1. The van der Waals surface area contributed by atoms with Crippen molar-refractivity contribution in [1.82, 2.24) is 0 Å². The molecule has 3 nitrogen and oxygen atoms in total. The zero-order valence-corrected chi connectivity index (χ0v) is 32.3. The normalized spacial score (nSPS) is 9.23. The van der Waals surface area contributed by atoms with Gasteiger partial charge in [0, 0.05) is 22.1 Å². The van der Waals surface area contributed by atoms with Crippen molar-refractivity contribution in [3.8, 4) is 0 Å². The van der Waals surface area contributed by atoms with Crippen molar-refractivity contribution in [2.24, 2.45) is 0 Å². The number of nitrogens with two attached hydrogens (primary N) is 3. The van der Waals surface area contributed by atoms with Crippen LogP contribution in [0.4, 0.5) is 39.3 Å². The number of benzene rings is 4. The van der Waals surface area contributed by atoms with Gasteiger partial charge in [0.25, 0.3) is 0 Å². The van der Waals surface area contributed by atoms with E-state index in [-0.39, 0.29) is 44.1 Å². The minimum Gasteiger partial charge on any atom is -0.399 e. The summed E-state index contributed by atoms with van der Waals surface area (Å²) in [6, 6.07) is 11.6. The van der Waals surface area contributed by atoms with E-state index in [1.807, 2.05) is 45.2 Å². The first-order valence-corrected chi connectivity index (χ1v) is 16.3. The molecule has 0 aliphatic rings. The summed E-state index contributed by atoms with van der Waals surface area (Å²) in [5.41, 5.74) is 17.3. The molecule has 0 aromatic heterocycles. The van der Waals surface area contributed by atoms with Gasteiger partial charge >= 0.3 is 0 Å². The summed E-state index contributed by atoms with van der Waals surface area (Å²) < 4.78 is 53.6. The number of hydrogen-bond acceptors (Lipinski definition) is 3. The highest BCUT2D eigenvalue weighted by molar-refractivity contribution is 14.1. The van der Waals surface area contributed by atoms with Gasteiger partial charge in [0.15, 0.2) is 11.6 Å². The molecule has 0 spiro atoms. The number of nitrogen functional groups attached to an aromatic ring is 3. The van der Waals surface area contributed by atoms with Gasteiger partial charge in [0.1, 0.15) is 11.6 Å². The molecule has 4 aromatic carbocycles. The van der Waals surface area contributed by atoms with Crippen LogP contribution in [-0.2, 0) is 0 Å². The number of rotatable bonds is 0. The van der Waals surface area contributed by atoms with Crippen LogP contribution in [0.25, 0.3) is 0 Å². The Kier molecular flexibility index (Phi) is 25.2. The van der Waals surface area contributed by atoms with Gasteiger partial charge < -0.3 is 17.2 Å². The monoisotopic (exact) mass is 1150 g/mol. The van der Waals surface area contributed by atoms with E-state index in [9.17, 15) is 17.6 Å². The summed E-state index contributed by atoms with van der Waals surface area (Å²) in [6.07, 6.45) is 0. The predicted molar refractivity (Wildman–Crippen MR) is 208 cm³/mol. The number of halogens is 14. The van der Waals surface area contributed by atoms with Crippen LogP contribution in [0, 0.1) is 34.0 Å². The number of anilines is 3. The van der Waals surface area contributed by atoms with Crippen LogP contribution in [0.3, 0.4) is 0 Å². The third-order valence-corrected chi connectivity index (χ3v) is 9.03. The quantitative estimate of drug-likeness (QED) is 0.0540. The Morgan fingerprint density at radius 1 is 0.605 bits per heavy atom. The van der Waals surface area contributed by atoms with Gasteiger partial charge in [-0.15, -0.1) is 0 Å². The molecule has 0 radical (unpaired) electrons. The average molecular weight is 1150 g/mol. The highest BCUT2D eigenvalue weighted by Crippen LogP contribution is 2.32. The highest BCUT2D eigenvalue weighted by atomic mass is 127. The zero-order chi connectivity index (χ0) is 30.9. The molecule has 0 atom stereocenters. The van der Waals surface area contributed by atoms with Gasteiger partial charge in [0.05, 0.1) is 34.7 Å². The average Bonchev–Trinajstić information content (AvgIpc) is 2.87. The molecule has 4 aromatic rings. The molecule has 4 rings (SSSR count). The molecule has 0 unspecified atom stereocenters. The summed E-state index contributed by atoms with van der Waals surface area (Å²) >= 11 is 33.9. The summed E-state index contributed by atoms with van der Waals surface area (Å²) in [7, 11) is 0. The molecule has 0 saturated heterocycles. The minimum atomic E-state index is -0.510. The van der Waals surface area contributed by atoms with Crippen LogP contribution in [0.2, 0.25) is 20.1 Å². The predicted octanol–water partition coefficient (Wildman–Crippen LogP) is 13.4. The lowest BCUT2D eigenvalue weighted by atomic mass is 10.3. The van der Waals surface area contributed by atoms with Crippen molar-refractivity contribution in [3.05, 3.63) is 112 Å². The Morgan fingerprint density at radius 3 is 1.56 bits per heavy atom. The maximum atomic E-state index is 12.9. The Balaban J connectivity index is -0.000000486. The fourth-order valence-electron chi connectivity index (χ4n) is 2.16. The first kappa shape index (κ1) is 47.6. The van der Waals surface area contributed by atoms with Crippen LogP contribution < -0.4 is 17.2 Å². The summed E-state index contributed by atoms with van der Waals surface area (Å²) in [4.78, 5) is 0. The molecule has 0 bridgehead atoms. The fourth-order valence-corrected chi connectivity index (χ4v) is 7.00. The molecule has 0 heterocycles. The van der Waals surface area contributed by atoms with Gasteiger partial charge in [0.2, 0.25) is 0 Å². The molecular weight excluding hydrogens is 1130 g/mol. The molecule has 0 aliphatic heterocycles. The van der Waals surface area contributed by atoms with E-state index in [0.29, 0.717) is 21.5 Å². The highest BCUT2D eigenvalue weighted by Gasteiger charge is 2.11. The lowest BCUT2D eigenvalue weighted by Gasteiger charge is -2.03. The van der Waals surface area contributed by atoms with E-state index in [0.717, 1.165) is 10.7 Å². The van der Waals surface area contributed by atoms with E-state index in [1.165, 1.54) is 30.3 Å². The summed E-state index contributed by atoms with van der Waals surface area (Å²) in [6.45, 7) is 0. The zero-order valence-electron chi connectivity index (χ0n) is 19.7. The largest absolute Gasteiger partial charge is 0.399 e. The van der Waals surface area contributed by atoms with E-state index in [2.05, 4.69) is 54.5 Å². The Hall–Kier alpha value is 0.240. The van der Waals surface area contributed by atoms with E-state index < -0.39 is 23.3 Å². The molecule has 240 valence electrons. The third kappa shape index (κ3) is 16.1. The van der Waals surface area contributed by atoms with E-state index in [1.54, 1.807) is 18.2 Å². The van der Waals surface area contributed by atoms with Crippen molar-refractivity contribution in [2.75, 3.05) is 17.2 Å². The molecule has 0 saturated carbocycles. The first-order chi connectivity index (χ1) is 18.5. The van der Waals surface area contributed by atoms with Crippen LogP contribution in [0.1, 0.15) is 14.9 Å². The van der Waals surface area contributed by atoms with Gasteiger partial charge in [-0.3, -0.25) is 4.70 Å². The van der Waals surface area contributed by atoms with Crippen LogP contribution in [0.15, 0.2) is 57.5 Å². The number of hydrogen-bond donors (Lipinski definition) is 3. The Labute approximate surface area is 325 Å². The Morgan fingerprint density at radius 2 is 1.09 bits per heavy atom. The van der Waals surface area contributed by atoms with Gasteiger partial charge in [-0.25, -0.2) is 17.6 Å². The van der Waals surface area contributed by atoms with E-state index in [4.69, 9.17) is 63.6 Å². The van der Waals surface area contributed by atoms with Crippen LogP contribution in [0.5, 0.6) is 0 Å². The summed E-state index contributed by atoms with van der Waals surface area (Å²) in [5, 5.41) is 0.442. The van der Waals surface area contributed by atoms with Gasteiger partial charge in [-0.1, -0.05) is 61.3 Å². The molecule has 17 heteroatoms. The molecule has 0 amide bonds. The van der Waals surface area contributed by atoms with Crippen LogP contribution in [-0.4, -0.2) is 0 Å². The maximum absolute atomic E-state index is 12.9. The van der Waals surface area contributed by atoms with Crippen LogP contribution >= 0.6 is 146 Å². The molecule has 6 N–H and O–H groups in total. The third-order valence-electron chi connectivity index (χ3n) is 4.08. The Bertz CT molecular complexity index is 1410. The molecule has 43 heavy (non-hydrogen) atoms. The molecule has 0 aliphatic carbocycles. The maximum Gasteiger partial charge on any atom is 0.158 e. The van der Waals surface area contributed by atoms with Gasteiger partial charge in [-0.2, -0.15) is 0 Å². The first-order valence-electron chi connectivity index (χ1n) is 9.95.